The van der Waals surface area contributed by atoms with E-state index in [1.807, 2.05) is 5.38 Å². The number of benzene rings is 1. The fraction of sp³-hybridized carbons (Fsp3) is 0.333. The molecule has 0 unspecified atom stereocenters. The van der Waals surface area contributed by atoms with Gasteiger partial charge in [-0.2, -0.15) is 13.2 Å². The minimum absolute atomic E-state index is 0.135. The molecule has 2 aromatic heterocycles. The maximum absolute atomic E-state index is 13.0. The Bertz CT molecular complexity index is 1000. The highest BCUT2D eigenvalue weighted by molar-refractivity contribution is 7.09. The zero-order chi connectivity index (χ0) is 21.1. The van der Waals surface area contributed by atoms with E-state index >= 15 is 0 Å². The van der Waals surface area contributed by atoms with Crippen molar-refractivity contribution in [3.8, 4) is 11.3 Å². The third-order valence-corrected chi connectivity index (χ3v) is 5.77. The van der Waals surface area contributed by atoms with E-state index < -0.39 is 11.7 Å². The third kappa shape index (κ3) is 4.73. The summed E-state index contributed by atoms with van der Waals surface area (Å²) >= 11 is 1.61. The van der Waals surface area contributed by atoms with Gasteiger partial charge in [-0.05, 0) is 30.7 Å². The average molecular weight is 435 g/mol. The topological polar surface area (TPSA) is 49.6 Å². The summed E-state index contributed by atoms with van der Waals surface area (Å²) in [5.74, 6) is 0.129. The molecule has 158 valence electrons. The van der Waals surface area contributed by atoms with Crippen molar-refractivity contribution in [3.05, 3.63) is 64.3 Å². The molecule has 3 aromatic rings. The van der Waals surface area contributed by atoms with Gasteiger partial charge in [-0.25, -0.2) is 4.98 Å². The second-order valence-corrected chi connectivity index (χ2v) is 8.07. The van der Waals surface area contributed by atoms with Gasteiger partial charge in [-0.15, -0.1) is 11.3 Å². The first kappa shape index (κ1) is 20.6. The summed E-state index contributed by atoms with van der Waals surface area (Å²) < 4.78 is 44.5. The number of halogens is 3. The minimum Gasteiger partial charge on any atom is -0.451 e. The first-order valence-corrected chi connectivity index (χ1v) is 10.5. The molecule has 0 aliphatic carbocycles. The van der Waals surface area contributed by atoms with Crippen LogP contribution < -0.4 is 0 Å². The lowest BCUT2D eigenvalue weighted by Crippen LogP contribution is -2.34. The van der Waals surface area contributed by atoms with Crippen LogP contribution in [-0.4, -0.2) is 46.9 Å². The molecule has 1 aliphatic heterocycles. The quantitative estimate of drug-likeness (QED) is 0.592. The molecular weight excluding hydrogens is 415 g/mol. The molecule has 1 aromatic carbocycles. The fourth-order valence-corrected chi connectivity index (χ4v) is 4.12. The Balaban J connectivity index is 1.43. The van der Waals surface area contributed by atoms with Crippen LogP contribution in [0.5, 0.6) is 0 Å². The van der Waals surface area contributed by atoms with Crippen LogP contribution in [0.2, 0.25) is 0 Å². The van der Waals surface area contributed by atoms with Crippen LogP contribution in [0, 0.1) is 0 Å². The predicted molar refractivity (Wildman–Crippen MR) is 107 cm³/mol. The number of furan rings is 1. The molecule has 1 saturated heterocycles. The van der Waals surface area contributed by atoms with Crippen LogP contribution in [0.4, 0.5) is 13.2 Å². The van der Waals surface area contributed by atoms with Gasteiger partial charge in [-0.3, -0.25) is 9.69 Å². The predicted octanol–water partition coefficient (Wildman–Crippen LogP) is 4.77. The zero-order valence-electron chi connectivity index (χ0n) is 16.1. The van der Waals surface area contributed by atoms with Gasteiger partial charge >= 0.3 is 6.18 Å². The number of amides is 1. The van der Waals surface area contributed by atoms with E-state index in [0.29, 0.717) is 13.1 Å². The number of nitrogens with zero attached hydrogens (tertiary/aromatic N) is 3. The molecule has 30 heavy (non-hydrogen) atoms. The molecule has 0 atom stereocenters. The largest absolute Gasteiger partial charge is 0.451 e. The number of rotatable bonds is 4. The van der Waals surface area contributed by atoms with Gasteiger partial charge in [0, 0.05) is 43.3 Å². The molecular formula is C21H20F3N3O2S. The summed E-state index contributed by atoms with van der Waals surface area (Å²) in [7, 11) is 0. The summed E-state index contributed by atoms with van der Waals surface area (Å²) in [4.78, 5) is 21.2. The molecule has 0 spiro atoms. The maximum Gasteiger partial charge on any atom is 0.416 e. The maximum atomic E-state index is 13.0. The Kier molecular flexibility index (Phi) is 5.92. The second-order valence-electron chi connectivity index (χ2n) is 7.09. The van der Waals surface area contributed by atoms with Crippen LogP contribution in [0.3, 0.4) is 0 Å². The first-order valence-electron chi connectivity index (χ1n) is 9.57. The molecule has 1 aliphatic rings. The Morgan fingerprint density at radius 3 is 2.77 bits per heavy atom. The number of hydrogen-bond acceptors (Lipinski definition) is 5. The van der Waals surface area contributed by atoms with E-state index in [-0.39, 0.29) is 23.0 Å². The van der Waals surface area contributed by atoms with Crippen molar-refractivity contribution in [1.29, 1.82) is 0 Å². The minimum atomic E-state index is -4.43. The Hall–Kier alpha value is -2.65. The molecule has 1 amide bonds. The summed E-state index contributed by atoms with van der Waals surface area (Å²) in [6.45, 7) is 3.53. The van der Waals surface area contributed by atoms with E-state index in [9.17, 15) is 18.0 Å². The average Bonchev–Trinajstić information content (AvgIpc) is 3.36. The number of carbonyl (C=O) groups excluding carboxylic acids is 1. The van der Waals surface area contributed by atoms with Crippen molar-refractivity contribution < 1.29 is 22.4 Å². The SMILES string of the molecule is O=C(c1ccc(-c2cccc(C(F)(F)F)c2)o1)N1CCCN(Cc2nccs2)CC1. The number of alkyl halides is 3. The molecule has 9 heteroatoms. The summed E-state index contributed by atoms with van der Waals surface area (Å²) in [6, 6.07) is 7.95. The Morgan fingerprint density at radius 1 is 1.13 bits per heavy atom. The summed E-state index contributed by atoms with van der Waals surface area (Å²) in [6.07, 6.45) is -1.82. The van der Waals surface area contributed by atoms with Crippen LogP contribution in [0.25, 0.3) is 11.3 Å². The number of carbonyl (C=O) groups is 1. The monoisotopic (exact) mass is 435 g/mol. The van der Waals surface area contributed by atoms with Crippen molar-refractivity contribution in [2.24, 2.45) is 0 Å². The highest BCUT2D eigenvalue weighted by Gasteiger charge is 2.31. The number of thiazole rings is 1. The third-order valence-electron chi connectivity index (χ3n) is 5.01. The van der Waals surface area contributed by atoms with E-state index in [2.05, 4.69) is 9.88 Å². The van der Waals surface area contributed by atoms with E-state index in [1.54, 1.807) is 22.4 Å². The highest BCUT2D eigenvalue weighted by atomic mass is 32.1. The molecule has 0 saturated carbocycles. The van der Waals surface area contributed by atoms with Crippen molar-refractivity contribution in [3.63, 3.8) is 0 Å². The molecule has 3 heterocycles. The molecule has 0 N–H and O–H groups in total. The molecule has 4 rings (SSSR count). The van der Waals surface area contributed by atoms with E-state index in [1.165, 1.54) is 24.3 Å². The Labute approximate surface area is 175 Å². The standard InChI is InChI=1S/C21H20F3N3O2S/c22-21(23,24)16-4-1-3-15(13-16)17-5-6-18(29-17)20(28)27-9-2-8-26(10-11-27)14-19-25-7-12-30-19/h1,3-7,12-13H,2,8-11,14H2. The van der Waals surface area contributed by atoms with Crippen molar-refractivity contribution in [1.82, 2.24) is 14.8 Å². The van der Waals surface area contributed by atoms with Crippen molar-refractivity contribution in [2.75, 3.05) is 26.2 Å². The number of hydrogen-bond donors (Lipinski definition) is 0. The van der Waals surface area contributed by atoms with Gasteiger partial charge in [0.2, 0.25) is 0 Å². The zero-order valence-corrected chi connectivity index (χ0v) is 16.9. The number of aromatic nitrogens is 1. The van der Waals surface area contributed by atoms with Gasteiger partial charge in [-0.1, -0.05) is 12.1 Å². The normalized spacial score (nSPS) is 15.9. The molecule has 0 bridgehead atoms. The molecule has 5 nitrogen and oxygen atoms in total. The molecule has 0 radical (unpaired) electrons. The smallest absolute Gasteiger partial charge is 0.416 e. The van der Waals surface area contributed by atoms with Gasteiger partial charge in [0.25, 0.3) is 5.91 Å². The second kappa shape index (κ2) is 8.61. The summed E-state index contributed by atoms with van der Waals surface area (Å²) in [5, 5.41) is 2.99. The highest BCUT2D eigenvalue weighted by Crippen LogP contribution is 2.32. The first-order chi connectivity index (χ1) is 14.4. The lowest BCUT2D eigenvalue weighted by atomic mass is 10.1. The van der Waals surface area contributed by atoms with Crippen LogP contribution >= 0.6 is 11.3 Å². The fourth-order valence-electron chi connectivity index (χ4n) is 3.47. The van der Waals surface area contributed by atoms with Gasteiger partial charge in [0.15, 0.2) is 5.76 Å². The summed E-state index contributed by atoms with van der Waals surface area (Å²) in [5.41, 5.74) is -0.466. The van der Waals surface area contributed by atoms with Gasteiger partial charge < -0.3 is 9.32 Å². The van der Waals surface area contributed by atoms with E-state index in [0.717, 1.165) is 43.2 Å². The van der Waals surface area contributed by atoms with Gasteiger partial charge in [0.1, 0.15) is 10.8 Å². The lowest BCUT2D eigenvalue weighted by molar-refractivity contribution is -0.137. The van der Waals surface area contributed by atoms with Crippen LogP contribution in [0.15, 0.2) is 52.4 Å². The van der Waals surface area contributed by atoms with E-state index in [4.69, 9.17) is 4.42 Å². The van der Waals surface area contributed by atoms with Crippen LogP contribution in [-0.2, 0) is 12.7 Å². The van der Waals surface area contributed by atoms with Crippen LogP contribution in [0.1, 0.15) is 27.5 Å². The molecule has 1 fully saturated rings. The lowest BCUT2D eigenvalue weighted by Gasteiger charge is -2.20. The Morgan fingerprint density at radius 2 is 2.00 bits per heavy atom. The van der Waals surface area contributed by atoms with Crippen molar-refractivity contribution in [2.45, 2.75) is 19.1 Å². The van der Waals surface area contributed by atoms with Gasteiger partial charge in [0.05, 0.1) is 12.1 Å². The van der Waals surface area contributed by atoms with Crippen molar-refractivity contribution >= 4 is 17.2 Å².